The Morgan fingerprint density at radius 1 is 0.953 bits per heavy atom. The Morgan fingerprint density at radius 2 is 1.53 bits per heavy atom. The number of hydrogen-bond acceptors (Lipinski definition) is 5. The minimum Gasteiger partial charge on any atom is -0.495 e. The SMILES string of the molecule is CCC(C(=O)NC(C)(C)C)N(Cc1c(Cl)cccc1Cl)C(=O)CN(c1cc(C)ccc1OC)S(=O)(=O)c1ccc(C)cc1. The quantitative estimate of drug-likeness (QED) is 0.255. The van der Waals surface area contributed by atoms with Gasteiger partial charge in [0.25, 0.3) is 10.0 Å². The first-order valence-corrected chi connectivity index (χ1v) is 16.1. The van der Waals surface area contributed by atoms with Crippen LogP contribution in [-0.4, -0.2) is 50.4 Å². The Hall–Kier alpha value is -3.27. The van der Waals surface area contributed by atoms with Crippen LogP contribution in [0.4, 0.5) is 5.69 Å². The van der Waals surface area contributed by atoms with Gasteiger partial charge in [-0.15, -0.1) is 0 Å². The molecule has 0 aliphatic carbocycles. The van der Waals surface area contributed by atoms with Crippen LogP contribution in [0.1, 0.15) is 50.8 Å². The standard InChI is InChI=1S/C32H39Cl2N3O5S/c1-8-27(31(39)35-32(4,5)6)36(19-24-25(33)10-9-11-26(24)34)30(38)20-37(28-18-22(3)14-17-29(28)42-7)43(40,41)23-15-12-21(2)13-16-23/h9-18,27H,8,19-20H2,1-7H3,(H,35,39). The first-order valence-electron chi connectivity index (χ1n) is 13.9. The molecule has 11 heteroatoms. The lowest BCUT2D eigenvalue weighted by atomic mass is 10.1. The molecule has 232 valence electrons. The van der Waals surface area contributed by atoms with Crippen LogP contribution in [0.25, 0.3) is 0 Å². The monoisotopic (exact) mass is 647 g/mol. The number of amides is 2. The Kier molecular flexibility index (Phi) is 11.2. The normalized spacial score (nSPS) is 12.4. The van der Waals surface area contributed by atoms with Crippen LogP contribution in [-0.2, 0) is 26.2 Å². The van der Waals surface area contributed by atoms with E-state index in [9.17, 15) is 18.0 Å². The molecule has 43 heavy (non-hydrogen) atoms. The molecule has 0 aliphatic rings. The van der Waals surface area contributed by atoms with Gasteiger partial charge in [0.1, 0.15) is 18.3 Å². The minimum absolute atomic E-state index is 0.00711. The Balaban J connectivity index is 2.18. The maximum Gasteiger partial charge on any atom is 0.264 e. The van der Waals surface area contributed by atoms with E-state index >= 15 is 0 Å². The summed E-state index contributed by atoms with van der Waals surface area (Å²) in [7, 11) is -2.83. The number of methoxy groups -OCH3 is 1. The van der Waals surface area contributed by atoms with Crippen molar-refractivity contribution in [2.45, 2.75) is 71.0 Å². The van der Waals surface area contributed by atoms with E-state index in [0.29, 0.717) is 15.6 Å². The van der Waals surface area contributed by atoms with E-state index in [1.54, 1.807) is 55.5 Å². The molecule has 0 spiro atoms. The largest absolute Gasteiger partial charge is 0.495 e. The molecule has 1 unspecified atom stereocenters. The predicted molar refractivity (Wildman–Crippen MR) is 172 cm³/mol. The number of rotatable bonds is 11. The van der Waals surface area contributed by atoms with Crippen molar-refractivity contribution in [3.05, 3.63) is 87.4 Å². The number of nitrogens with zero attached hydrogens (tertiary/aromatic N) is 2. The molecule has 0 saturated carbocycles. The molecular formula is C32H39Cl2N3O5S. The summed E-state index contributed by atoms with van der Waals surface area (Å²) in [5, 5.41) is 3.58. The summed E-state index contributed by atoms with van der Waals surface area (Å²) < 4.78 is 34.9. The van der Waals surface area contributed by atoms with Crippen LogP contribution in [0.2, 0.25) is 10.0 Å². The smallest absolute Gasteiger partial charge is 0.264 e. The van der Waals surface area contributed by atoms with Gasteiger partial charge in [-0.1, -0.05) is 60.0 Å². The van der Waals surface area contributed by atoms with Crippen molar-refractivity contribution in [1.29, 1.82) is 0 Å². The van der Waals surface area contributed by atoms with Gasteiger partial charge in [-0.25, -0.2) is 8.42 Å². The second-order valence-electron chi connectivity index (χ2n) is 11.4. The van der Waals surface area contributed by atoms with Gasteiger partial charge >= 0.3 is 0 Å². The average molecular weight is 649 g/mol. The topological polar surface area (TPSA) is 96.0 Å². The molecule has 0 fully saturated rings. The number of hydrogen-bond donors (Lipinski definition) is 1. The van der Waals surface area contributed by atoms with E-state index in [-0.39, 0.29) is 35.2 Å². The second kappa shape index (κ2) is 14.0. The van der Waals surface area contributed by atoms with Crippen molar-refractivity contribution in [1.82, 2.24) is 10.2 Å². The number of carbonyl (C=O) groups is 2. The fraction of sp³-hybridized carbons (Fsp3) is 0.375. The first-order chi connectivity index (χ1) is 20.1. The molecule has 3 aromatic carbocycles. The molecule has 3 aromatic rings. The van der Waals surface area contributed by atoms with Gasteiger partial charge in [-0.05, 0) is 83.0 Å². The summed E-state index contributed by atoms with van der Waals surface area (Å²) in [6, 6.07) is 15.5. The molecule has 8 nitrogen and oxygen atoms in total. The average Bonchev–Trinajstić information content (AvgIpc) is 2.92. The lowest BCUT2D eigenvalue weighted by molar-refractivity contribution is -0.141. The maximum absolute atomic E-state index is 14.4. The number of anilines is 1. The number of halogens is 2. The highest BCUT2D eigenvalue weighted by molar-refractivity contribution is 7.92. The molecule has 1 N–H and O–H groups in total. The van der Waals surface area contributed by atoms with Crippen LogP contribution in [0.3, 0.4) is 0 Å². The highest BCUT2D eigenvalue weighted by Gasteiger charge is 2.36. The van der Waals surface area contributed by atoms with Gasteiger partial charge in [0.2, 0.25) is 11.8 Å². The van der Waals surface area contributed by atoms with E-state index in [4.69, 9.17) is 27.9 Å². The molecule has 2 amide bonds. The third-order valence-corrected chi connectivity index (χ3v) is 9.25. The van der Waals surface area contributed by atoms with Crippen molar-refractivity contribution in [2.24, 2.45) is 0 Å². The highest BCUT2D eigenvalue weighted by Crippen LogP contribution is 2.34. The molecule has 0 aliphatic heterocycles. The summed E-state index contributed by atoms with van der Waals surface area (Å²) >= 11 is 13.0. The van der Waals surface area contributed by atoms with Crippen molar-refractivity contribution in [3.63, 3.8) is 0 Å². The minimum atomic E-state index is -4.27. The Labute approximate surface area is 265 Å². The maximum atomic E-state index is 14.4. The molecule has 0 aromatic heterocycles. The lowest BCUT2D eigenvalue weighted by Crippen LogP contribution is -2.55. The van der Waals surface area contributed by atoms with Crippen molar-refractivity contribution in [3.8, 4) is 5.75 Å². The van der Waals surface area contributed by atoms with Crippen LogP contribution < -0.4 is 14.4 Å². The van der Waals surface area contributed by atoms with Gasteiger partial charge in [0.15, 0.2) is 0 Å². The fourth-order valence-electron chi connectivity index (χ4n) is 4.57. The molecule has 1 atom stereocenters. The first kappa shape index (κ1) is 34.2. The van der Waals surface area contributed by atoms with Gasteiger partial charge < -0.3 is 15.0 Å². The summed E-state index contributed by atoms with van der Waals surface area (Å²) in [6.45, 7) is 10.3. The fourth-order valence-corrected chi connectivity index (χ4v) is 6.51. The number of benzene rings is 3. The lowest BCUT2D eigenvalue weighted by Gasteiger charge is -2.35. The summed E-state index contributed by atoms with van der Waals surface area (Å²) in [5.74, 6) is -0.731. The van der Waals surface area contributed by atoms with Crippen LogP contribution in [0, 0.1) is 13.8 Å². The number of ether oxygens (including phenoxy) is 1. The van der Waals surface area contributed by atoms with Crippen LogP contribution in [0.5, 0.6) is 5.75 Å². The van der Waals surface area contributed by atoms with Crippen molar-refractivity contribution < 1.29 is 22.7 Å². The summed E-state index contributed by atoms with van der Waals surface area (Å²) in [6.07, 6.45) is 0.258. The molecule has 0 bridgehead atoms. The van der Waals surface area contributed by atoms with Crippen LogP contribution in [0.15, 0.2) is 65.6 Å². The van der Waals surface area contributed by atoms with Crippen molar-refractivity contribution >= 4 is 50.7 Å². The second-order valence-corrected chi connectivity index (χ2v) is 14.1. The molecule has 0 radical (unpaired) electrons. The van der Waals surface area contributed by atoms with Gasteiger partial charge in [0.05, 0.1) is 17.7 Å². The Bertz CT molecular complexity index is 1550. The van der Waals surface area contributed by atoms with Crippen LogP contribution >= 0.6 is 23.2 Å². The molecule has 3 rings (SSSR count). The van der Waals surface area contributed by atoms with Gasteiger partial charge in [-0.2, -0.15) is 0 Å². The van der Waals surface area contributed by atoms with E-state index in [0.717, 1.165) is 15.4 Å². The van der Waals surface area contributed by atoms with E-state index in [1.165, 1.54) is 24.1 Å². The van der Waals surface area contributed by atoms with Gasteiger partial charge in [0, 0.05) is 27.7 Å². The summed E-state index contributed by atoms with van der Waals surface area (Å²) in [5.41, 5.74) is 1.72. The van der Waals surface area contributed by atoms with E-state index in [1.807, 2.05) is 34.6 Å². The number of carbonyl (C=O) groups excluding carboxylic acids is 2. The van der Waals surface area contributed by atoms with Crippen molar-refractivity contribution in [2.75, 3.05) is 18.0 Å². The zero-order valence-corrected chi connectivity index (χ0v) is 27.9. The third kappa shape index (κ3) is 8.43. The molecular weight excluding hydrogens is 609 g/mol. The predicted octanol–water partition coefficient (Wildman–Crippen LogP) is 6.54. The molecule has 0 saturated heterocycles. The van der Waals surface area contributed by atoms with E-state index < -0.39 is 34.1 Å². The number of sulfonamides is 1. The zero-order chi connectivity index (χ0) is 32.1. The summed E-state index contributed by atoms with van der Waals surface area (Å²) in [4.78, 5) is 29.2. The molecule has 0 heterocycles. The number of aryl methyl sites for hydroxylation is 2. The highest BCUT2D eigenvalue weighted by atomic mass is 35.5. The third-order valence-electron chi connectivity index (χ3n) is 6.77. The Morgan fingerprint density at radius 3 is 2.07 bits per heavy atom. The zero-order valence-electron chi connectivity index (χ0n) is 25.6. The number of nitrogens with one attached hydrogen (secondary N) is 1. The van der Waals surface area contributed by atoms with Gasteiger partial charge in [-0.3, -0.25) is 13.9 Å². The van der Waals surface area contributed by atoms with E-state index in [2.05, 4.69) is 5.32 Å².